The van der Waals surface area contributed by atoms with Gasteiger partial charge in [0.05, 0.1) is 13.0 Å². The van der Waals surface area contributed by atoms with Crippen LogP contribution in [0.15, 0.2) is 0 Å². The second-order valence-corrected chi connectivity index (χ2v) is 0.867. The molecule has 0 radical (unpaired) electrons. The van der Waals surface area contributed by atoms with E-state index in [2.05, 4.69) is 0 Å². The first kappa shape index (κ1) is 48.7. The Morgan fingerprint density at radius 1 is 1.00 bits per heavy atom. The molecule has 0 bridgehead atoms. The van der Waals surface area contributed by atoms with Gasteiger partial charge in [0.1, 0.15) is 0 Å². The number of aliphatic hydroxyl groups excluding tert-OH is 1. The van der Waals surface area contributed by atoms with Crippen molar-refractivity contribution in [3.05, 3.63) is 0 Å². The highest BCUT2D eigenvalue weighted by Crippen LogP contribution is 1.70. The minimum atomic E-state index is -0.961. The van der Waals surface area contributed by atoms with Crippen molar-refractivity contribution in [2.45, 2.75) is 6.42 Å². The van der Waals surface area contributed by atoms with Crippen molar-refractivity contribution in [2.75, 3.05) is 6.61 Å². The van der Waals surface area contributed by atoms with Crippen LogP contribution in [0.2, 0.25) is 0 Å². The summed E-state index contributed by atoms with van der Waals surface area (Å²) in [6.45, 7) is -0.269. The van der Waals surface area contributed by atoms with Gasteiger partial charge in [-0.15, -0.1) is 0 Å². The van der Waals surface area contributed by atoms with Crippen molar-refractivity contribution in [3.63, 3.8) is 0 Å². The molecule has 0 amide bonds. The lowest BCUT2D eigenvalue weighted by Crippen LogP contribution is -1.96. The van der Waals surface area contributed by atoms with E-state index in [-0.39, 0.29) is 40.4 Å². The molecule has 0 aliphatic rings. The molecule has 0 saturated carbocycles. The fraction of sp³-hybridized carbons (Fsp3) is 0.667. The van der Waals surface area contributed by atoms with Crippen LogP contribution in [-0.2, 0) is 4.79 Å². The van der Waals surface area contributed by atoms with Gasteiger partial charge in [-0.05, 0) is 0 Å². The molecule has 0 spiro atoms. The lowest BCUT2D eigenvalue weighted by atomic mass is 10.5. The van der Waals surface area contributed by atoms with Gasteiger partial charge in [-0.2, -0.15) is 0 Å². The SMILES string of the molecule is O.O.O.O.O.O=C(O)CCO. The molecular weight excluding hydrogens is 164 g/mol. The predicted octanol–water partition coefficient (Wildman–Crippen LogP) is -4.67. The van der Waals surface area contributed by atoms with Crippen molar-refractivity contribution in [1.82, 2.24) is 0 Å². The number of hydrogen-bond donors (Lipinski definition) is 2. The second-order valence-electron chi connectivity index (χ2n) is 0.867. The maximum Gasteiger partial charge on any atom is 0.305 e. The Bertz CT molecular complexity index is 53.3. The highest BCUT2D eigenvalue weighted by Gasteiger charge is 1.88. The molecule has 12 N–H and O–H groups in total. The summed E-state index contributed by atoms with van der Waals surface area (Å²) in [6, 6.07) is 0. The Morgan fingerprint density at radius 2 is 1.27 bits per heavy atom. The first-order chi connectivity index (χ1) is 2.77. The number of aliphatic carboxylic acids is 1. The normalized spacial score (nSPS) is 4.45. The van der Waals surface area contributed by atoms with Crippen LogP contribution in [-0.4, -0.2) is 50.2 Å². The largest absolute Gasteiger partial charge is 0.481 e. The van der Waals surface area contributed by atoms with Crippen LogP contribution in [0.3, 0.4) is 0 Å². The lowest BCUT2D eigenvalue weighted by Gasteiger charge is -1.79. The molecule has 76 valence electrons. The molecule has 11 heavy (non-hydrogen) atoms. The van der Waals surface area contributed by atoms with Gasteiger partial charge in [-0.3, -0.25) is 4.79 Å². The van der Waals surface area contributed by atoms with E-state index in [1.165, 1.54) is 0 Å². The van der Waals surface area contributed by atoms with E-state index in [1.807, 2.05) is 0 Å². The summed E-state index contributed by atoms with van der Waals surface area (Å²) in [7, 11) is 0. The Labute approximate surface area is 62.6 Å². The third-order valence-electron chi connectivity index (χ3n) is 0.326. The minimum absolute atomic E-state index is 0. The number of aliphatic hydroxyl groups is 1. The van der Waals surface area contributed by atoms with Gasteiger partial charge in [0.2, 0.25) is 0 Å². The molecule has 0 aromatic carbocycles. The van der Waals surface area contributed by atoms with Crippen molar-refractivity contribution in [3.8, 4) is 0 Å². The van der Waals surface area contributed by atoms with Crippen LogP contribution < -0.4 is 0 Å². The Kier molecular flexibility index (Phi) is 155. The first-order valence-corrected chi connectivity index (χ1v) is 1.60. The molecule has 8 nitrogen and oxygen atoms in total. The third kappa shape index (κ3) is 97.0. The quantitative estimate of drug-likeness (QED) is 0.428. The highest BCUT2D eigenvalue weighted by molar-refractivity contribution is 5.66. The number of hydrogen-bond acceptors (Lipinski definition) is 2. The highest BCUT2D eigenvalue weighted by atomic mass is 16.4. The standard InChI is InChI=1S/C3H6O3.5H2O/c4-2-1-3(5)6;;;;;/h4H,1-2H2,(H,5,6);5*1H2. The summed E-state index contributed by atoms with van der Waals surface area (Å²) in [6.07, 6.45) is -0.153. The van der Waals surface area contributed by atoms with Gasteiger partial charge < -0.3 is 37.6 Å². The van der Waals surface area contributed by atoms with Gasteiger partial charge in [0, 0.05) is 0 Å². The summed E-state index contributed by atoms with van der Waals surface area (Å²) in [5, 5.41) is 15.6. The van der Waals surface area contributed by atoms with Gasteiger partial charge in [0.25, 0.3) is 0 Å². The molecular formula is C3H16O8. The van der Waals surface area contributed by atoms with Crippen LogP contribution in [0.5, 0.6) is 0 Å². The average Bonchev–Trinajstić information content (AvgIpc) is 1.35. The maximum atomic E-state index is 9.44. The van der Waals surface area contributed by atoms with Gasteiger partial charge in [0.15, 0.2) is 0 Å². The Morgan fingerprint density at radius 3 is 1.27 bits per heavy atom. The first-order valence-electron chi connectivity index (χ1n) is 1.60. The second kappa shape index (κ2) is 34.9. The number of carboxylic acid groups (broad SMARTS) is 1. The predicted molar refractivity (Wildman–Crippen MR) is 37.4 cm³/mol. The van der Waals surface area contributed by atoms with Crippen LogP contribution in [0.4, 0.5) is 0 Å². The third-order valence-corrected chi connectivity index (χ3v) is 0.326. The van der Waals surface area contributed by atoms with Gasteiger partial charge in [-0.25, -0.2) is 0 Å². The lowest BCUT2D eigenvalue weighted by molar-refractivity contribution is -0.137. The van der Waals surface area contributed by atoms with Crippen LogP contribution >= 0.6 is 0 Å². The van der Waals surface area contributed by atoms with E-state index in [9.17, 15) is 4.79 Å². The van der Waals surface area contributed by atoms with Crippen molar-refractivity contribution >= 4 is 5.97 Å². The topological polar surface area (TPSA) is 215 Å². The van der Waals surface area contributed by atoms with Crippen molar-refractivity contribution < 1.29 is 42.4 Å². The van der Waals surface area contributed by atoms with Crippen molar-refractivity contribution in [1.29, 1.82) is 0 Å². The zero-order valence-electron chi connectivity index (χ0n) is 5.72. The van der Waals surface area contributed by atoms with Crippen LogP contribution in [0.25, 0.3) is 0 Å². The van der Waals surface area contributed by atoms with E-state index < -0.39 is 5.97 Å². The summed E-state index contributed by atoms with van der Waals surface area (Å²) < 4.78 is 0. The summed E-state index contributed by atoms with van der Waals surface area (Å²) >= 11 is 0. The molecule has 0 aromatic rings. The van der Waals surface area contributed by atoms with E-state index >= 15 is 0 Å². The Balaban J connectivity index is -0.0000000125. The molecule has 0 heterocycles. The minimum Gasteiger partial charge on any atom is -0.481 e. The molecule has 0 rings (SSSR count). The Hall–Kier alpha value is -0.770. The molecule has 8 heteroatoms. The smallest absolute Gasteiger partial charge is 0.305 e. The van der Waals surface area contributed by atoms with E-state index in [1.54, 1.807) is 0 Å². The molecule has 0 aliphatic carbocycles. The number of rotatable bonds is 2. The maximum absolute atomic E-state index is 9.44. The number of carbonyl (C=O) groups is 1. The zero-order valence-corrected chi connectivity index (χ0v) is 5.72. The number of carboxylic acids is 1. The van der Waals surface area contributed by atoms with Gasteiger partial charge in [-0.1, -0.05) is 0 Å². The monoisotopic (exact) mass is 180 g/mol. The zero-order chi connectivity index (χ0) is 4.99. The van der Waals surface area contributed by atoms with Crippen molar-refractivity contribution in [2.24, 2.45) is 0 Å². The van der Waals surface area contributed by atoms with Gasteiger partial charge >= 0.3 is 5.97 Å². The van der Waals surface area contributed by atoms with E-state index in [4.69, 9.17) is 10.2 Å². The molecule has 0 unspecified atom stereocenters. The summed E-state index contributed by atoms with van der Waals surface area (Å²) in [4.78, 5) is 9.44. The molecule has 0 fully saturated rings. The summed E-state index contributed by atoms with van der Waals surface area (Å²) in [5.74, 6) is -0.961. The van der Waals surface area contributed by atoms with Crippen LogP contribution in [0, 0.1) is 0 Å². The van der Waals surface area contributed by atoms with E-state index in [0.717, 1.165) is 0 Å². The molecule has 0 atom stereocenters. The average molecular weight is 180 g/mol. The summed E-state index contributed by atoms with van der Waals surface area (Å²) in [5.41, 5.74) is 0. The fourth-order valence-electron chi connectivity index (χ4n) is 0.0956. The molecule has 0 saturated heterocycles. The van der Waals surface area contributed by atoms with E-state index in [0.29, 0.717) is 0 Å². The molecule has 0 aromatic heterocycles. The fourth-order valence-corrected chi connectivity index (χ4v) is 0.0956. The van der Waals surface area contributed by atoms with Crippen LogP contribution in [0.1, 0.15) is 6.42 Å². The molecule has 0 aliphatic heterocycles.